The van der Waals surface area contributed by atoms with E-state index in [0.29, 0.717) is 19.0 Å². The van der Waals surface area contributed by atoms with Crippen LogP contribution in [0.5, 0.6) is 5.75 Å². The molecule has 0 aromatic heterocycles. The van der Waals surface area contributed by atoms with Crippen LogP contribution >= 0.6 is 0 Å². The normalized spacial score (nSPS) is 16.4. The maximum Gasteiger partial charge on any atom is 0.264 e. The summed E-state index contributed by atoms with van der Waals surface area (Å²) in [5.74, 6) is 0.771. The van der Waals surface area contributed by atoms with Crippen LogP contribution in [0.1, 0.15) is 25.3 Å². The number of hydrogen-bond acceptors (Lipinski definition) is 5. The van der Waals surface area contributed by atoms with Crippen molar-refractivity contribution in [3.05, 3.63) is 48.0 Å². The average Bonchev–Trinajstić information content (AvgIpc) is 2.73. The van der Waals surface area contributed by atoms with Gasteiger partial charge >= 0.3 is 0 Å². The molecule has 1 saturated heterocycles. The first-order valence-corrected chi connectivity index (χ1v) is 12.7. The minimum absolute atomic E-state index is 0.0545. The number of methoxy groups -OCH3 is 1. The SMILES string of the molecule is COc1ccc(S(=O)(=O)N2CCC(C)CC2)cc1N(C)S(=O)(=O)c1ccc(C)cc1. The van der Waals surface area contributed by atoms with Crippen LogP contribution in [0.3, 0.4) is 0 Å². The molecule has 0 radical (unpaired) electrons. The van der Waals surface area contributed by atoms with E-state index in [2.05, 4.69) is 6.92 Å². The Balaban J connectivity index is 2.01. The Labute approximate surface area is 179 Å². The number of ether oxygens (including phenoxy) is 1. The molecule has 0 aliphatic carbocycles. The summed E-state index contributed by atoms with van der Waals surface area (Å²) in [6.07, 6.45) is 1.62. The highest BCUT2D eigenvalue weighted by Gasteiger charge is 2.30. The molecule has 1 heterocycles. The molecule has 0 atom stereocenters. The molecule has 1 aliphatic heterocycles. The van der Waals surface area contributed by atoms with Crippen molar-refractivity contribution in [3.63, 3.8) is 0 Å². The lowest BCUT2D eigenvalue weighted by molar-refractivity contribution is 0.288. The molecule has 0 bridgehead atoms. The minimum atomic E-state index is -3.89. The van der Waals surface area contributed by atoms with Crippen LogP contribution < -0.4 is 9.04 Å². The van der Waals surface area contributed by atoms with Gasteiger partial charge in [0.1, 0.15) is 5.75 Å². The van der Waals surface area contributed by atoms with Gasteiger partial charge in [-0.3, -0.25) is 4.31 Å². The van der Waals surface area contributed by atoms with Crippen LogP contribution in [0.2, 0.25) is 0 Å². The van der Waals surface area contributed by atoms with Crippen LogP contribution in [-0.2, 0) is 20.0 Å². The highest BCUT2D eigenvalue weighted by Crippen LogP contribution is 2.35. The van der Waals surface area contributed by atoms with Gasteiger partial charge in [0.2, 0.25) is 10.0 Å². The van der Waals surface area contributed by atoms with Gasteiger partial charge in [-0.25, -0.2) is 16.8 Å². The van der Waals surface area contributed by atoms with Crippen molar-refractivity contribution in [2.75, 3.05) is 31.6 Å². The molecule has 164 valence electrons. The first-order chi connectivity index (χ1) is 14.1. The zero-order valence-corrected chi connectivity index (χ0v) is 19.3. The van der Waals surface area contributed by atoms with Crippen molar-refractivity contribution in [2.24, 2.45) is 5.92 Å². The molecular formula is C21H28N2O5S2. The van der Waals surface area contributed by atoms with Gasteiger partial charge in [-0.05, 0) is 56.0 Å². The van der Waals surface area contributed by atoms with E-state index in [4.69, 9.17) is 4.74 Å². The van der Waals surface area contributed by atoms with E-state index >= 15 is 0 Å². The second-order valence-corrected chi connectivity index (χ2v) is 11.6. The molecule has 2 aromatic rings. The van der Waals surface area contributed by atoms with Crippen LogP contribution in [0.4, 0.5) is 5.69 Å². The van der Waals surface area contributed by atoms with Gasteiger partial charge in [-0.15, -0.1) is 0 Å². The maximum absolute atomic E-state index is 13.1. The molecular weight excluding hydrogens is 424 g/mol. The average molecular weight is 453 g/mol. The molecule has 0 N–H and O–H groups in total. The third-order valence-corrected chi connectivity index (χ3v) is 9.23. The molecule has 30 heavy (non-hydrogen) atoms. The van der Waals surface area contributed by atoms with Gasteiger partial charge in [-0.2, -0.15) is 4.31 Å². The van der Waals surface area contributed by atoms with Crippen molar-refractivity contribution in [1.29, 1.82) is 0 Å². The van der Waals surface area contributed by atoms with Gasteiger partial charge in [0.15, 0.2) is 0 Å². The Kier molecular flexibility index (Phi) is 6.45. The predicted octanol–water partition coefficient (Wildman–Crippen LogP) is 3.25. The number of nitrogens with zero attached hydrogens (tertiary/aromatic N) is 2. The van der Waals surface area contributed by atoms with Gasteiger partial charge in [-0.1, -0.05) is 24.6 Å². The largest absolute Gasteiger partial charge is 0.495 e. The second-order valence-electron chi connectivity index (χ2n) is 7.71. The van der Waals surface area contributed by atoms with E-state index in [1.807, 2.05) is 6.92 Å². The smallest absolute Gasteiger partial charge is 0.264 e. The fourth-order valence-electron chi connectivity index (χ4n) is 3.45. The predicted molar refractivity (Wildman–Crippen MR) is 117 cm³/mol. The quantitative estimate of drug-likeness (QED) is 0.672. The van der Waals surface area contributed by atoms with Crippen molar-refractivity contribution in [2.45, 2.75) is 36.5 Å². The van der Waals surface area contributed by atoms with Crippen molar-refractivity contribution >= 4 is 25.7 Å². The number of rotatable bonds is 6. The Hall–Kier alpha value is -2.10. The topological polar surface area (TPSA) is 84.0 Å². The lowest BCUT2D eigenvalue weighted by atomic mass is 10.0. The van der Waals surface area contributed by atoms with Gasteiger partial charge < -0.3 is 4.74 Å². The van der Waals surface area contributed by atoms with E-state index in [1.165, 1.54) is 48.8 Å². The molecule has 9 heteroatoms. The number of anilines is 1. The van der Waals surface area contributed by atoms with E-state index < -0.39 is 20.0 Å². The molecule has 0 spiro atoms. The summed E-state index contributed by atoms with van der Waals surface area (Å²) in [5, 5.41) is 0. The molecule has 1 fully saturated rings. The van der Waals surface area contributed by atoms with Crippen LogP contribution in [0.25, 0.3) is 0 Å². The number of sulfonamides is 2. The fourth-order valence-corrected chi connectivity index (χ4v) is 6.14. The Bertz CT molecular complexity index is 1100. The first-order valence-electron chi connectivity index (χ1n) is 9.81. The lowest BCUT2D eigenvalue weighted by Gasteiger charge is -2.30. The summed E-state index contributed by atoms with van der Waals surface area (Å²) in [4.78, 5) is 0.176. The van der Waals surface area contributed by atoms with Gasteiger partial charge in [0.05, 0.1) is 22.6 Å². The lowest BCUT2D eigenvalue weighted by Crippen LogP contribution is -2.38. The standard InChI is InChI=1S/C21H28N2O5S2/c1-16-5-7-18(8-6-16)29(24,25)22(3)20-15-19(9-10-21(20)28-4)30(26,27)23-13-11-17(2)12-14-23/h5-10,15,17H,11-14H2,1-4H3. The molecule has 0 saturated carbocycles. The van der Waals surface area contributed by atoms with Crippen molar-refractivity contribution < 1.29 is 21.6 Å². The number of aryl methyl sites for hydroxylation is 1. The number of hydrogen-bond donors (Lipinski definition) is 0. The van der Waals surface area contributed by atoms with Gasteiger partial charge in [0, 0.05) is 20.1 Å². The highest BCUT2D eigenvalue weighted by molar-refractivity contribution is 7.92. The third-order valence-electron chi connectivity index (χ3n) is 5.55. The summed E-state index contributed by atoms with van der Waals surface area (Å²) in [6.45, 7) is 4.91. The molecule has 0 unspecified atom stereocenters. The van der Waals surface area contributed by atoms with Crippen molar-refractivity contribution in [3.8, 4) is 5.75 Å². The molecule has 7 nitrogen and oxygen atoms in total. The van der Waals surface area contributed by atoms with E-state index in [0.717, 1.165) is 22.7 Å². The Morgan fingerprint density at radius 3 is 2.10 bits per heavy atom. The third kappa shape index (κ3) is 4.33. The highest BCUT2D eigenvalue weighted by atomic mass is 32.2. The van der Waals surface area contributed by atoms with Crippen LogP contribution in [0, 0.1) is 12.8 Å². The zero-order valence-electron chi connectivity index (χ0n) is 17.7. The first kappa shape index (κ1) is 22.6. The molecule has 0 amide bonds. The summed E-state index contributed by atoms with van der Waals surface area (Å²) in [6, 6.07) is 10.8. The van der Waals surface area contributed by atoms with Crippen LogP contribution in [0.15, 0.2) is 52.3 Å². The number of benzene rings is 2. The number of piperidine rings is 1. The van der Waals surface area contributed by atoms with Crippen molar-refractivity contribution in [1.82, 2.24) is 4.31 Å². The van der Waals surface area contributed by atoms with E-state index in [9.17, 15) is 16.8 Å². The second kappa shape index (κ2) is 8.56. The van der Waals surface area contributed by atoms with Gasteiger partial charge in [0.25, 0.3) is 10.0 Å². The maximum atomic E-state index is 13.1. The summed E-state index contributed by atoms with van der Waals surface area (Å²) in [7, 11) is -4.80. The fraction of sp³-hybridized carbons (Fsp3) is 0.429. The summed E-state index contributed by atoms with van der Waals surface area (Å²) in [5.41, 5.74) is 1.11. The molecule has 2 aromatic carbocycles. The van der Waals surface area contributed by atoms with E-state index in [-0.39, 0.29) is 21.2 Å². The Morgan fingerprint density at radius 2 is 1.53 bits per heavy atom. The summed E-state index contributed by atoms with van der Waals surface area (Å²) >= 11 is 0. The summed E-state index contributed by atoms with van der Waals surface area (Å²) < 4.78 is 60.4. The minimum Gasteiger partial charge on any atom is -0.495 e. The zero-order chi connectivity index (χ0) is 22.1. The van der Waals surface area contributed by atoms with Crippen LogP contribution in [-0.4, -0.2) is 48.4 Å². The monoisotopic (exact) mass is 452 g/mol. The van der Waals surface area contributed by atoms with E-state index in [1.54, 1.807) is 12.1 Å². The Morgan fingerprint density at radius 1 is 0.967 bits per heavy atom. The molecule has 1 aliphatic rings. The molecule has 3 rings (SSSR count).